The second-order valence-corrected chi connectivity index (χ2v) is 7.24. The Hall–Kier alpha value is -2.99. The van der Waals surface area contributed by atoms with E-state index < -0.39 is 23.8 Å². The normalized spacial score (nSPS) is 26.4. The fourth-order valence-electron chi connectivity index (χ4n) is 4.32. The number of nitrogens with one attached hydrogen (secondary N) is 1. The highest BCUT2D eigenvalue weighted by atomic mass is 16.5. The van der Waals surface area contributed by atoms with E-state index in [1.54, 1.807) is 0 Å². The number of benzene rings is 2. The lowest BCUT2D eigenvalue weighted by Gasteiger charge is -2.22. The molecule has 144 valence electrons. The number of carbonyl (C=O) groups excluding carboxylic acids is 3. The zero-order valence-electron chi connectivity index (χ0n) is 15.6. The molecular weight excluding hydrogens is 356 g/mol. The standard InChI is InChI=1S/C22H22N2O4/c1-28-17(25)12-16-18-19(20(23-16)15-10-6-3-7-11-15)22(27)24(21(18)26)13-14-8-4-2-5-9-14/h2-11,16,18-20,23H,12-13H2,1H3/t16-,18-,19-,20+/m0/s1. The molecule has 6 nitrogen and oxygen atoms in total. The second kappa shape index (κ2) is 7.56. The fourth-order valence-corrected chi connectivity index (χ4v) is 4.32. The zero-order valence-corrected chi connectivity index (χ0v) is 15.6. The van der Waals surface area contributed by atoms with Gasteiger partial charge < -0.3 is 10.1 Å². The maximum Gasteiger partial charge on any atom is 0.307 e. The molecule has 4 atom stereocenters. The average Bonchev–Trinajstić information content (AvgIpc) is 3.21. The van der Waals surface area contributed by atoms with Crippen LogP contribution >= 0.6 is 0 Å². The van der Waals surface area contributed by atoms with Gasteiger partial charge in [-0.1, -0.05) is 60.7 Å². The zero-order chi connectivity index (χ0) is 19.7. The highest BCUT2D eigenvalue weighted by Gasteiger charge is 2.59. The molecule has 0 aromatic heterocycles. The molecule has 0 radical (unpaired) electrons. The van der Waals surface area contributed by atoms with Crippen molar-refractivity contribution in [1.82, 2.24) is 10.2 Å². The first kappa shape index (κ1) is 18.4. The molecule has 6 heteroatoms. The highest BCUT2D eigenvalue weighted by molar-refractivity contribution is 6.06. The first-order valence-corrected chi connectivity index (χ1v) is 9.37. The van der Waals surface area contributed by atoms with Crippen molar-refractivity contribution >= 4 is 17.8 Å². The summed E-state index contributed by atoms with van der Waals surface area (Å²) < 4.78 is 4.80. The maximum atomic E-state index is 13.2. The third-order valence-corrected chi connectivity index (χ3v) is 5.63. The summed E-state index contributed by atoms with van der Waals surface area (Å²) >= 11 is 0. The molecule has 2 heterocycles. The molecule has 2 aliphatic rings. The number of ether oxygens (including phenoxy) is 1. The van der Waals surface area contributed by atoms with Crippen molar-refractivity contribution in [3.05, 3.63) is 71.8 Å². The molecule has 0 unspecified atom stereocenters. The first-order chi connectivity index (χ1) is 13.6. The molecule has 4 rings (SSSR count). The Morgan fingerprint density at radius 3 is 2.21 bits per heavy atom. The molecule has 2 fully saturated rings. The molecule has 0 bridgehead atoms. The Bertz CT molecular complexity index is 884. The van der Waals surface area contributed by atoms with Gasteiger partial charge in [0.25, 0.3) is 0 Å². The van der Waals surface area contributed by atoms with Gasteiger partial charge in [0.15, 0.2) is 0 Å². The smallest absolute Gasteiger partial charge is 0.307 e. The van der Waals surface area contributed by atoms with Crippen LogP contribution in [0.25, 0.3) is 0 Å². The van der Waals surface area contributed by atoms with Gasteiger partial charge in [-0.15, -0.1) is 0 Å². The fraction of sp³-hybridized carbons (Fsp3) is 0.318. The number of hydrogen-bond acceptors (Lipinski definition) is 5. The van der Waals surface area contributed by atoms with Gasteiger partial charge in [0.2, 0.25) is 11.8 Å². The molecule has 2 aliphatic heterocycles. The Morgan fingerprint density at radius 2 is 1.57 bits per heavy atom. The van der Waals surface area contributed by atoms with Crippen LogP contribution in [0.1, 0.15) is 23.6 Å². The lowest BCUT2D eigenvalue weighted by molar-refractivity contribution is -0.142. The number of amides is 2. The summed E-state index contributed by atoms with van der Waals surface area (Å²) in [6, 6.07) is 18.3. The molecule has 1 N–H and O–H groups in total. The molecular formula is C22H22N2O4. The average molecular weight is 378 g/mol. The van der Waals surface area contributed by atoms with E-state index in [1.165, 1.54) is 12.0 Å². The lowest BCUT2D eigenvalue weighted by Crippen LogP contribution is -2.40. The number of fused-ring (bicyclic) bond motifs is 1. The minimum absolute atomic E-state index is 0.0548. The molecule has 2 aromatic rings. The van der Waals surface area contributed by atoms with Crippen LogP contribution < -0.4 is 5.32 Å². The first-order valence-electron chi connectivity index (χ1n) is 9.37. The number of hydrogen-bond donors (Lipinski definition) is 1. The predicted molar refractivity (Wildman–Crippen MR) is 102 cm³/mol. The lowest BCUT2D eigenvalue weighted by atomic mass is 9.86. The molecule has 28 heavy (non-hydrogen) atoms. The van der Waals surface area contributed by atoms with Crippen molar-refractivity contribution in [3.8, 4) is 0 Å². The van der Waals surface area contributed by atoms with Gasteiger partial charge >= 0.3 is 5.97 Å². The van der Waals surface area contributed by atoms with E-state index in [0.29, 0.717) is 0 Å². The molecule has 2 amide bonds. The van der Waals surface area contributed by atoms with Crippen molar-refractivity contribution in [1.29, 1.82) is 0 Å². The van der Waals surface area contributed by atoms with E-state index in [2.05, 4.69) is 5.32 Å². The summed E-state index contributed by atoms with van der Waals surface area (Å²) in [5, 5.41) is 3.35. The van der Waals surface area contributed by atoms with Crippen LogP contribution in [0.15, 0.2) is 60.7 Å². The van der Waals surface area contributed by atoms with E-state index in [-0.39, 0.29) is 30.8 Å². The predicted octanol–water partition coefficient (Wildman–Crippen LogP) is 2.06. The van der Waals surface area contributed by atoms with E-state index >= 15 is 0 Å². The number of esters is 1. The number of nitrogens with zero attached hydrogens (tertiary/aromatic N) is 1. The Kier molecular flexibility index (Phi) is 4.96. The Morgan fingerprint density at radius 1 is 0.964 bits per heavy atom. The van der Waals surface area contributed by atoms with Crippen LogP contribution in [0.5, 0.6) is 0 Å². The summed E-state index contributed by atoms with van der Waals surface area (Å²) in [6.45, 7) is 0.248. The monoisotopic (exact) mass is 378 g/mol. The maximum absolute atomic E-state index is 13.2. The number of carbonyl (C=O) groups is 3. The quantitative estimate of drug-likeness (QED) is 0.637. The van der Waals surface area contributed by atoms with Crippen molar-refractivity contribution in [2.45, 2.75) is 25.0 Å². The largest absolute Gasteiger partial charge is 0.469 e. The molecule has 2 saturated heterocycles. The third kappa shape index (κ3) is 3.20. The Balaban J connectivity index is 1.66. The molecule has 0 spiro atoms. The number of methoxy groups -OCH3 is 1. The summed E-state index contributed by atoms with van der Waals surface area (Å²) in [5.41, 5.74) is 1.84. The topological polar surface area (TPSA) is 75.7 Å². The van der Waals surface area contributed by atoms with Crippen LogP contribution in [0.3, 0.4) is 0 Å². The van der Waals surface area contributed by atoms with Gasteiger partial charge in [0.1, 0.15) is 0 Å². The SMILES string of the molecule is COC(=O)C[C@@H]1N[C@H](c2ccccc2)[C@H]2C(=O)N(Cc3ccccc3)C(=O)[C@H]21. The van der Waals surface area contributed by atoms with Gasteiger partial charge in [0.05, 0.1) is 31.9 Å². The van der Waals surface area contributed by atoms with Crippen LogP contribution in [-0.2, 0) is 25.7 Å². The van der Waals surface area contributed by atoms with Gasteiger partial charge in [-0.05, 0) is 11.1 Å². The van der Waals surface area contributed by atoms with E-state index in [0.717, 1.165) is 11.1 Å². The van der Waals surface area contributed by atoms with Gasteiger partial charge in [-0.3, -0.25) is 19.3 Å². The minimum atomic E-state index is -0.569. The molecule has 2 aromatic carbocycles. The summed E-state index contributed by atoms with van der Waals surface area (Å²) in [6.07, 6.45) is 0.0548. The molecule has 0 aliphatic carbocycles. The van der Waals surface area contributed by atoms with Crippen LogP contribution in [0.4, 0.5) is 0 Å². The number of rotatable bonds is 5. The molecule has 0 saturated carbocycles. The summed E-state index contributed by atoms with van der Waals surface area (Å²) in [7, 11) is 1.33. The van der Waals surface area contributed by atoms with Crippen molar-refractivity contribution in [3.63, 3.8) is 0 Å². The van der Waals surface area contributed by atoms with Gasteiger partial charge in [0, 0.05) is 12.1 Å². The van der Waals surface area contributed by atoms with E-state index in [4.69, 9.17) is 4.74 Å². The van der Waals surface area contributed by atoms with Crippen LogP contribution in [0.2, 0.25) is 0 Å². The summed E-state index contributed by atoms with van der Waals surface area (Å²) in [5.74, 6) is -1.90. The van der Waals surface area contributed by atoms with Crippen molar-refractivity contribution < 1.29 is 19.1 Å². The van der Waals surface area contributed by atoms with E-state index in [1.807, 2.05) is 60.7 Å². The van der Waals surface area contributed by atoms with Crippen molar-refractivity contribution in [2.24, 2.45) is 11.8 Å². The van der Waals surface area contributed by atoms with Gasteiger partial charge in [-0.2, -0.15) is 0 Å². The van der Waals surface area contributed by atoms with Gasteiger partial charge in [-0.25, -0.2) is 0 Å². The van der Waals surface area contributed by atoms with Crippen molar-refractivity contribution in [2.75, 3.05) is 7.11 Å². The second-order valence-electron chi connectivity index (χ2n) is 7.24. The number of imide groups is 1. The van der Waals surface area contributed by atoms with E-state index in [9.17, 15) is 14.4 Å². The summed E-state index contributed by atoms with van der Waals surface area (Å²) in [4.78, 5) is 39.6. The number of likely N-dealkylation sites (tertiary alicyclic amines) is 1. The minimum Gasteiger partial charge on any atom is -0.469 e. The third-order valence-electron chi connectivity index (χ3n) is 5.63. The van der Waals surface area contributed by atoms with Crippen LogP contribution in [-0.4, -0.2) is 35.8 Å². The van der Waals surface area contributed by atoms with Crippen LogP contribution in [0, 0.1) is 11.8 Å². The highest BCUT2D eigenvalue weighted by Crippen LogP contribution is 2.45. The Labute approximate surface area is 163 Å².